The first-order valence-electron chi connectivity index (χ1n) is 5.27. The Morgan fingerprint density at radius 1 is 1.24 bits per heavy atom. The molecular formula is C13H14N4. The van der Waals surface area contributed by atoms with E-state index in [1.807, 2.05) is 42.3 Å². The summed E-state index contributed by atoms with van der Waals surface area (Å²) in [6.45, 7) is 0. The van der Waals surface area contributed by atoms with Crippen molar-refractivity contribution in [2.24, 2.45) is 5.73 Å². The van der Waals surface area contributed by atoms with Gasteiger partial charge in [0.2, 0.25) is 0 Å². The lowest BCUT2D eigenvalue weighted by molar-refractivity contribution is 1.12. The van der Waals surface area contributed by atoms with Crippen LogP contribution < -0.4 is 10.6 Å². The first-order valence-corrected chi connectivity index (χ1v) is 5.27. The summed E-state index contributed by atoms with van der Waals surface area (Å²) in [4.78, 5) is 6.22. The molecule has 1 heterocycles. The van der Waals surface area contributed by atoms with Crippen molar-refractivity contribution in [2.45, 2.75) is 0 Å². The maximum absolute atomic E-state index is 7.41. The zero-order valence-corrected chi connectivity index (χ0v) is 9.59. The molecule has 0 unspecified atom stereocenters. The van der Waals surface area contributed by atoms with Crippen LogP contribution >= 0.6 is 0 Å². The molecule has 0 aliphatic carbocycles. The molecule has 2 aromatic rings. The summed E-state index contributed by atoms with van der Waals surface area (Å²) < 4.78 is 0. The number of para-hydroxylation sites is 1. The summed E-state index contributed by atoms with van der Waals surface area (Å²) in [7, 11) is 1.93. The predicted molar refractivity (Wildman–Crippen MR) is 69.8 cm³/mol. The molecule has 0 atom stereocenters. The molecule has 2 rings (SSSR count). The molecule has 17 heavy (non-hydrogen) atoms. The summed E-state index contributed by atoms with van der Waals surface area (Å²) in [5.74, 6) is 0.819. The molecule has 0 saturated carbocycles. The maximum atomic E-state index is 7.41. The predicted octanol–water partition coefficient (Wildman–Crippen LogP) is 2.13. The van der Waals surface area contributed by atoms with Crippen LogP contribution in [0.25, 0.3) is 0 Å². The van der Waals surface area contributed by atoms with Gasteiger partial charge in [0.25, 0.3) is 0 Å². The lowest BCUT2D eigenvalue weighted by Gasteiger charge is -2.18. The van der Waals surface area contributed by atoms with Crippen LogP contribution in [0, 0.1) is 5.41 Å². The van der Waals surface area contributed by atoms with E-state index < -0.39 is 0 Å². The normalized spacial score (nSPS) is 9.94. The van der Waals surface area contributed by atoms with E-state index in [1.165, 1.54) is 0 Å². The standard InChI is InChI=1S/C13H14N4/c1-17(11-5-3-2-4-6-11)12-9-10(13(14)15)7-8-16-12/h2-9H,1H3,(H3,14,15). The number of nitrogens with zero attached hydrogens (tertiary/aromatic N) is 2. The number of nitrogens with two attached hydrogens (primary N) is 1. The highest BCUT2D eigenvalue weighted by atomic mass is 15.2. The number of hydrogen-bond acceptors (Lipinski definition) is 3. The first-order chi connectivity index (χ1) is 8.18. The number of amidine groups is 1. The second kappa shape index (κ2) is 4.65. The minimum absolute atomic E-state index is 0.0510. The van der Waals surface area contributed by atoms with Crippen molar-refractivity contribution in [3.8, 4) is 0 Å². The van der Waals surface area contributed by atoms with Gasteiger partial charge in [-0.3, -0.25) is 5.41 Å². The zero-order chi connectivity index (χ0) is 12.3. The van der Waals surface area contributed by atoms with E-state index in [2.05, 4.69) is 4.98 Å². The Morgan fingerprint density at radius 2 is 1.94 bits per heavy atom. The fraction of sp³-hybridized carbons (Fsp3) is 0.0769. The van der Waals surface area contributed by atoms with Crippen LogP contribution in [0.5, 0.6) is 0 Å². The summed E-state index contributed by atoms with van der Waals surface area (Å²) in [5.41, 5.74) is 7.18. The van der Waals surface area contributed by atoms with Crippen molar-refractivity contribution in [1.29, 1.82) is 5.41 Å². The van der Waals surface area contributed by atoms with Gasteiger partial charge in [0, 0.05) is 24.5 Å². The van der Waals surface area contributed by atoms with Crippen molar-refractivity contribution < 1.29 is 0 Å². The van der Waals surface area contributed by atoms with Crippen LogP contribution in [0.15, 0.2) is 48.7 Å². The van der Waals surface area contributed by atoms with E-state index in [-0.39, 0.29) is 5.84 Å². The van der Waals surface area contributed by atoms with Crippen LogP contribution in [0.1, 0.15) is 5.56 Å². The van der Waals surface area contributed by atoms with Crippen LogP contribution in [-0.4, -0.2) is 17.9 Å². The van der Waals surface area contributed by atoms with Crippen molar-refractivity contribution in [1.82, 2.24) is 4.98 Å². The van der Waals surface area contributed by atoms with Gasteiger partial charge in [-0.1, -0.05) is 18.2 Å². The molecule has 1 aromatic heterocycles. The van der Waals surface area contributed by atoms with Gasteiger partial charge in [-0.05, 0) is 24.3 Å². The molecule has 1 aromatic carbocycles. The van der Waals surface area contributed by atoms with Gasteiger partial charge < -0.3 is 10.6 Å². The SMILES string of the molecule is CN(c1ccccc1)c1cc(C(=N)N)ccn1. The highest BCUT2D eigenvalue weighted by molar-refractivity contribution is 5.95. The number of nitrogens with one attached hydrogen (secondary N) is 1. The van der Waals surface area contributed by atoms with E-state index in [0.29, 0.717) is 5.56 Å². The maximum Gasteiger partial charge on any atom is 0.133 e. The highest BCUT2D eigenvalue weighted by Crippen LogP contribution is 2.21. The molecule has 0 radical (unpaired) electrons. The van der Waals surface area contributed by atoms with Gasteiger partial charge in [-0.2, -0.15) is 0 Å². The van der Waals surface area contributed by atoms with Crippen molar-refractivity contribution in [2.75, 3.05) is 11.9 Å². The van der Waals surface area contributed by atoms with E-state index in [1.54, 1.807) is 18.3 Å². The fourth-order valence-corrected chi connectivity index (χ4v) is 1.55. The molecule has 0 fully saturated rings. The summed E-state index contributed by atoms with van der Waals surface area (Å²) >= 11 is 0. The third kappa shape index (κ3) is 2.42. The second-order valence-corrected chi connectivity index (χ2v) is 3.71. The zero-order valence-electron chi connectivity index (χ0n) is 9.59. The molecule has 0 saturated heterocycles. The van der Waals surface area contributed by atoms with Crippen LogP contribution in [0.3, 0.4) is 0 Å². The Morgan fingerprint density at radius 3 is 2.59 bits per heavy atom. The van der Waals surface area contributed by atoms with Crippen LogP contribution in [-0.2, 0) is 0 Å². The average Bonchev–Trinajstić information content (AvgIpc) is 2.39. The molecule has 3 N–H and O–H groups in total. The van der Waals surface area contributed by atoms with E-state index in [0.717, 1.165) is 11.5 Å². The lowest BCUT2D eigenvalue weighted by atomic mass is 10.2. The Kier molecular flexibility index (Phi) is 3.05. The lowest BCUT2D eigenvalue weighted by Crippen LogP contribution is -2.15. The van der Waals surface area contributed by atoms with Gasteiger partial charge in [0.15, 0.2) is 0 Å². The quantitative estimate of drug-likeness (QED) is 0.622. The molecule has 0 aliphatic heterocycles. The molecule has 4 nitrogen and oxygen atoms in total. The third-order valence-corrected chi connectivity index (χ3v) is 2.54. The molecule has 0 bridgehead atoms. The van der Waals surface area contributed by atoms with Gasteiger partial charge in [-0.25, -0.2) is 4.98 Å². The smallest absolute Gasteiger partial charge is 0.133 e. The summed E-state index contributed by atoms with van der Waals surface area (Å²) in [6.07, 6.45) is 1.66. The Bertz CT molecular complexity index is 522. The minimum Gasteiger partial charge on any atom is -0.384 e. The molecule has 0 aliphatic rings. The monoisotopic (exact) mass is 226 g/mol. The molecule has 4 heteroatoms. The molecule has 0 amide bonds. The van der Waals surface area contributed by atoms with Crippen molar-refractivity contribution in [3.05, 3.63) is 54.2 Å². The van der Waals surface area contributed by atoms with Gasteiger partial charge >= 0.3 is 0 Å². The number of hydrogen-bond donors (Lipinski definition) is 2. The van der Waals surface area contributed by atoms with Gasteiger partial charge in [-0.15, -0.1) is 0 Å². The molecule has 86 valence electrons. The van der Waals surface area contributed by atoms with Crippen LogP contribution in [0.4, 0.5) is 11.5 Å². The number of aromatic nitrogens is 1. The minimum atomic E-state index is 0.0510. The van der Waals surface area contributed by atoms with E-state index >= 15 is 0 Å². The average molecular weight is 226 g/mol. The largest absolute Gasteiger partial charge is 0.384 e. The summed E-state index contributed by atoms with van der Waals surface area (Å²) in [5, 5.41) is 7.41. The Labute approximate surface area is 100 Å². The second-order valence-electron chi connectivity index (χ2n) is 3.71. The highest BCUT2D eigenvalue weighted by Gasteiger charge is 2.06. The molecule has 0 spiro atoms. The number of pyridine rings is 1. The number of anilines is 2. The number of benzene rings is 1. The Balaban J connectivity index is 2.34. The van der Waals surface area contributed by atoms with Crippen LogP contribution in [0.2, 0.25) is 0 Å². The Hall–Kier alpha value is -2.36. The fourth-order valence-electron chi connectivity index (χ4n) is 1.55. The first kappa shape index (κ1) is 11.1. The van der Waals surface area contributed by atoms with Crippen molar-refractivity contribution >= 4 is 17.3 Å². The van der Waals surface area contributed by atoms with Gasteiger partial charge in [0.1, 0.15) is 11.7 Å². The number of nitrogen functional groups attached to an aromatic ring is 1. The van der Waals surface area contributed by atoms with E-state index in [9.17, 15) is 0 Å². The van der Waals surface area contributed by atoms with Gasteiger partial charge in [0.05, 0.1) is 0 Å². The molecular weight excluding hydrogens is 212 g/mol. The number of rotatable bonds is 3. The summed E-state index contributed by atoms with van der Waals surface area (Å²) in [6, 6.07) is 13.4. The van der Waals surface area contributed by atoms with Crippen molar-refractivity contribution in [3.63, 3.8) is 0 Å². The third-order valence-electron chi connectivity index (χ3n) is 2.54. The topological polar surface area (TPSA) is 66.0 Å². The van der Waals surface area contributed by atoms with E-state index in [4.69, 9.17) is 11.1 Å².